The molecule has 0 spiro atoms. The fraction of sp³-hybridized carbons (Fsp3) is 0.312. The number of aromatic amines is 1. The maximum Gasteiger partial charge on any atom is 0.361 e. The number of nitrogens with one attached hydrogen (secondary N) is 1. The smallest absolute Gasteiger partial charge is 0.361 e. The van der Waals surface area contributed by atoms with Crippen molar-refractivity contribution >= 4 is 5.97 Å². The first-order valence-electron chi connectivity index (χ1n) is 7.89. The first-order chi connectivity index (χ1) is 12.0. The summed E-state index contributed by atoms with van der Waals surface area (Å²) in [6.07, 6.45) is 0.776. The molecule has 2 aromatic heterocycles. The van der Waals surface area contributed by atoms with E-state index in [0.29, 0.717) is 11.3 Å². The summed E-state index contributed by atoms with van der Waals surface area (Å²) in [5, 5.41) is 29.3. The number of hydrogen-bond acceptors (Lipinski definition) is 7. The highest BCUT2D eigenvalue weighted by Crippen LogP contribution is 2.31. The molecule has 0 atom stereocenters. The van der Waals surface area contributed by atoms with Crippen LogP contribution in [0.1, 0.15) is 35.7 Å². The molecule has 2 heterocycles. The van der Waals surface area contributed by atoms with Crippen molar-refractivity contribution < 1.29 is 14.6 Å². The van der Waals surface area contributed by atoms with E-state index in [2.05, 4.69) is 25.6 Å². The molecule has 0 aliphatic carbocycles. The number of H-pyrrole nitrogens is 1. The zero-order valence-electron chi connectivity index (χ0n) is 14.1. The van der Waals surface area contributed by atoms with E-state index in [1.807, 2.05) is 13.8 Å². The Labute approximate surface area is 143 Å². The summed E-state index contributed by atoms with van der Waals surface area (Å²) in [5.41, 5.74) is 2.94. The molecule has 0 unspecified atom stereocenters. The summed E-state index contributed by atoms with van der Waals surface area (Å²) in [7, 11) is 0. The second-order valence-electron chi connectivity index (χ2n) is 5.32. The van der Waals surface area contributed by atoms with Crippen LogP contribution in [0.2, 0.25) is 0 Å². The number of hydrogen-bond donors (Lipinski definition) is 2. The minimum absolute atomic E-state index is 0.0197. The minimum atomic E-state index is -0.605. The van der Waals surface area contributed by atoms with Crippen molar-refractivity contribution in [1.29, 1.82) is 0 Å². The van der Waals surface area contributed by atoms with Gasteiger partial charge in [-0.3, -0.25) is 0 Å². The molecule has 3 rings (SSSR count). The Morgan fingerprint density at radius 3 is 2.72 bits per heavy atom. The molecule has 0 fully saturated rings. The molecule has 0 saturated carbocycles. The van der Waals surface area contributed by atoms with Crippen molar-refractivity contribution in [3.8, 4) is 22.7 Å². The van der Waals surface area contributed by atoms with Crippen molar-refractivity contribution in [2.24, 2.45) is 0 Å². The Balaban J connectivity index is 1.98. The van der Waals surface area contributed by atoms with Gasteiger partial charge in [-0.1, -0.05) is 6.92 Å². The molecule has 9 nitrogen and oxygen atoms in total. The van der Waals surface area contributed by atoms with Gasteiger partial charge in [-0.15, -0.1) is 5.10 Å². The summed E-state index contributed by atoms with van der Waals surface area (Å²) in [6, 6.07) is 4.88. The van der Waals surface area contributed by atoms with Crippen LogP contribution in [-0.4, -0.2) is 48.1 Å². The number of phenols is 1. The lowest BCUT2D eigenvalue weighted by Crippen LogP contribution is -2.07. The number of aryl methyl sites for hydroxylation is 2. The van der Waals surface area contributed by atoms with Crippen LogP contribution in [0, 0.1) is 6.92 Å². The lowest BCUT2D eigenvalue weighted by Gasteiger charge is -2.06. The Kier molecular flexibility index (Phi) is 4.46. The predicted octanol–water partition coefficient (Wildman–Crippen LogP) is 1.81. The Bertz CT molecular complexity index is 914. The molecule has 25 heavy (non-hydrogen) atoms. The van der Waals surface area contributed by atoms with Crippen molar-refractivity contribution in [2.45, 2.75) is 27.2 Å². The van der Waals surface area contributed by atoms with Crippen molar-refractivity contribution in [3.05, 3.63) is 35.3 Å². The second-order valence-corrected chi connectivity index (χ2v) is 5.32. The summed E-state index contributed by atoms with van der Waals surface area (Å²) >= 11 is 0. The highest BCUT2D eigenvalue weighted by atomic mass is 16.5. The normalized spacial score (nSPS) is 10.8. The van der Waals surface area contributed by atoms with E-state index < -0.39 is 5.97 Å². The number of aromatic nitrogens is 6. The van der Waals surface area contributed by atoms with Crippen LogP contribution in [0.4, 0.5) is 0 Å². The van der Waals surface area contributed by atoms with E-state index in [0.717, 1.165) is 17.8 Å². The topological polar surface area (TPSA) is 119 Å². The van der Waals surface area contributed by atoms with Gasteiger partial charge in [0.2, 0.25) is 0 Å². The highest BCUT2D eigenvalue weighted by molar-refractivity contribution is 5.94. The van der Waals surface area contributed by atoms with E-state index >= 15 is 0 Å². The molecular formula is C16H18N6O3. The summed E-state index contributed by atoms with van der Waals surface area (Å²) in [5.74, 6) is -0.670. The molecule has 130 valence electrons. The quantitative estimate of drug-likeness (QED) is 0.679. The van der Waals surface area contributed by atoms with Crippen LogP contribution in [0.5, 0.6) is 5.75 Å². The van der Waals surface area contributed by atoms with Gasteiger partial charge in [0.15, 0.2) is 5.69 Å². The lowest BCUT2D eigenvalue weighted by atomic mass is 10.1. The van der Waals surface area contributed by atoms with Crippen LogP contribution >= 0.6 is 0 Å². The van der Waals surface area contributed by atoms with Crippen LogP contribution in [0.25, 0.3) is 16.9 Å². The number of phenolic OH excluding ortho intramolecular Hbond substituents is 1. The SMILES string of the molecule is CCOC(=O)c1n[nH]nc1-c1ccc(-n2nc(C)c(CC)n2)cc1O. The zero-order valence-corrected chi connectivity index (χ0v) is 14.1. The van der Waals surface area contributed by atoms with E-state index in [-0.39, 0.29) is 23.7 Å². The lowest BCUT2D eigenvalue weighted by molar-refractivity contribution is 0.0520. The van der Waals surface area contributed by atoms with Gasteiger partial charge in [-0.05, 0) is 32.4 Å². The maximum atomic E-state index is 11.9. The third-order valence-corrected chi connectivity index (χ3v) is 3.70. The first-order valence-corrected chi connectivity index (χ1v) is 7.89. The second kappa shape index (κ2) is 6.71. The van der Waals surface area contributed by atoms with Gasteiger partial charge in [-0.25, -0.2) is 4.79 Å². The average Bonchev–Trinajstić information content (AvgIpc) is 3.21. The van der Waals surface area contributed by atoms with Gasteiger partial charge in [-0.2, -0.15) is 25.3 Å². The summed E-state index contributed by atoms with van der Waals surface area (Å²) < 4.78 is 4.94. The van der Waals surface area contributed by atoms with Gasteiger partial charge in [0.1, 0.15) is 11.4 Å². The molecule has 0 radical (unpaired) electrons. The Morgan fingerprint density at radius 1 is 1.28 bits per heavy atom. The standard InChI is InChI=1S/C16H18N6O3/c1-4-12-9(3)19-22(20-12)10-6-7-11(13(23)8-10)14-15(18-21-17-14)16(24)25-5-2/h6-8,23H,4-5H2,1-3H3,(H,17,18,21). The molecule has 2 N–H and O–H groups in total. The van der Waals surface area contributed by atoms with Crippen LogP contribution in [-0.2, 0) is 11.2 Å². The van der Waals surface area contributed by atoms with Gasteiger partial charge < -0.3 is 9.84 Å². The highest BCUT2D eigenvalue weighted by Gasteiger charge is 2.21. The molecule has 0 bridgehead atoms. The van der Waals surface area contributed by atoms with Crippen LogP contribution < -0.4 is 0 Å². The molecular weight excluding hydrogens is 324 g/mol. The van der Waals surface area contributed by atoms with Gasteiger partial charge in [0, 0.05) is 11.6 Å². The Hall–Kier alpha value is -3.23. The minimum Gasteiger partial charge on any atom is -0.507 e. The molecule has 1 aromatic carbocycles. The van der Waals surface area contributed by atoms with E-state index in [9.17, 15) is 9.90 Å². The molecule has 0 aliphatic heterocycles. The predicted molar refractivity (Wildman–Crippen MR) is 88.5 cm³/mol. The van der Waals surface area contributed by atoms with Gasteiger partial charge in [0.25, 0.3) is 0 Å². The average molecular weight is 342 g/mol. The third kappa shape index (κ3) is 3.08. The molecule has 3 aromatic rings. The molecule has 0 amide bonds. The van der Waals surface area contributed by atoms with Crippen molar-refractivity contribution in [3.63, 3.8) is 0 Å². The maximum absolute atomic E-state index is 11.9. The Morgan fingerprint density at radius 2 is 2.08 bits per heavy atom. The number of benzene rings is 1. The summed E-state index contributed by atoms with van der Waals surface area (Å²) in [6.45, 7) is 5.81. The number of carbonyl (C=O) groups is 1. The fourth-order valence-corrected chi connectivity index (χ4v) is 2.46. The van der Waals surface area contributed by atoms with E-state index in [4.69, 9.17) is 4.74 Å². The van der Waals surface area contributed by atoms with E-state index in [1.54, 1.807) is 19.1 Å². The summed E-state index contributed by atoms with van der Waals surface area (Å²) in [4.78, 5) is 13.4. The number of rotatable bonds is 5. The van der Waals surface area contributed by atoms with E-state index in [1.165, 1.54) is 10.9 Å². The van der Waals surface area contributed by atoms with Crippen molar-refractivity contribution in [1.82, 2.24) is 30.4 Å². The molecule has 0 saturated heterocycles. The monoisotopic (exact) mass is 342 g/mol. The molecule has 0 aliphatic rings. The number of esters is 1. The number of carbonyl (C=O) groups excluding carboxylic acids is 1. The van der Waals surface area contributed by atoms with Crippen LogP contribution in [0.3, 0.4) is 0 Å². The fourth-order valence-electron chi connectivity index (χ4n) is 2.46. The van der Waals surface area contributed by atoms with Crippen LogP contribution in [0.15, 0.2) is 18.2 Å². The molecule has 9 heteroatoms. The zero-order chi connectivity index (χ0) is 18.0. The largest absolute Gasteiger partial charge is 0.507 e. The number of aromatic hydroxyl groups is 1. The van der Waals surface area contributed by atoms with Gasteiger partial charge in [0.05, 0.1) is 23.7 Å². The number of nitrogens with zero attached hydrogens (tertiary/aromatic N) is 5. The van der Waals surface area contributed by atoms with Gasteiger partial charge >= 0.3 is 5.97 Å². The number of ether oxygens (including phenoxy) is 1. The third-order valence-electron chi connectivity index (χ3n) is 3.70. The van der Waals surface area contributed by atoms with Crippen molar-refractivity contribution in [2.75, 3.05) is 6.61 Å². The first kappa shape index (κ1) is 16.6.